The van der Waals surface area contributed by atoms with Gasteiger partial charge < -0.3 is 9.73 Å². The normalized spacial score (nSPS) is 9.94. The molecule has 1 heterocycles. The molecule has 0 aliphatic heterocycles. The molecule has 0 aliphatic carbocycles. The standard InChI is InChI=1S/C13H11ClN2O/c1-9-5-6-10(17-9)8-16-13-4-2-3-12(14)11(13)7-15/h2-6,16H,8H2,1H3. The van der Waals surface area contributed by atoms with Crippen molar-refractivity contribution in [2.45, 2.75) is 13.5 Å². The summed E-state index contributed by atoms with van der Waals surface area (Å²) in [4.78, 5) is 0. The Morgan fingerprint density at radius 2 is 2.18 bits per heavy atom. The van der Waals surface area contributed by atoms with E-state index in [0.717, 1.165) is 11.5 Å². The molecule has 0 bridgehead atoms. The number of nitrogens with one attached hydrogen (secondary N) is 1. The molecule has 0 saturated carbocycles. The Kier molecular flexibility index (Phi) is 3.36. The largest absolute Gasteiger partial charge is 0.465 e. The first-order valence-corrected chi connectivity index (χ1v) is 5.56. The molecule has 0 radical (unpaired) electrons. The quantitative estimate of drug-likeness (QED) is 0.898. The second kappa shape index (κ2) is 4.94. The maximum Gasteiger partial charge on any atom is 0.123 e. The van der Waals surface area contributed by atoms with E-state index in [0.29, 0.717) is 22.8 Å². The van der Waals surface area contributed by atoms with E-state index in [9.17, 15) is 0 Å². The lowest BCUT2D eigenvalue weighted by Gasteiger charge is -2.07. The second-order valence-electron chi connectivity index (χ2n) is 3.64. The number of anilines is 1. The Labute approximate surface area is 105 Å². The summed E-state index contributed by atoms with van der Waals surface area (Å²) >= 11 is 5.93. The minimum atomic E-state index is 0.452. The minimum Gasteiger partial charge on any atom is -0.465 e. The van der Waals surface area contributed by atoms with Gasteiger partial charge in [-0.2, -0.15) is 5.26 Å². The van der Waals surface area contributed by atoms with Crippen molar-refractivity contribution in [3.63, 3.8) is 0 Å². The van der Waals surface area contributed by atoms with Gasteiger partial charge in [0.25, 0.3) is 0 Å². The van der Waals surface area contributed by atoms with Gasteiger partial charge in [0.2, 0.25) is 0 Å². The highest BCUT2D eigenvalue weighted by Gasteiger charge is 2.06. The number of hydrogen-bond acceptors (Lipinski definition) is 3. The SMILES string of the molecule is Cc1ccc(CNc2cccc(Cl)c2C#N)o1. The average molecular weight is 247 g/mol. The fourth-order valence-electron chi connectivity index (χ4n) is 1.55. The number of benzene rings is 1. The van der Waals surface area contributed by atoms with Gasteiger partial charge in [0.05, 0.1) is 22.8 Å². The van der Waals surface area contributed by atoms with Gasteiger partial charge >= 0.3 is 0 Å². The monoisotopic (exact) mass is 246 g/mol. The van der Waals surface area contributed by atoms with E-state index in [4.69, 9.17) is 21.3 Å². The molecule has 0 fully saturated rings. The zero-order chi connectivity index (χ0) is 12.3. The third-order valence-corrected chi connectivity index (χ3v) is 2.69. The van der Waals surface area contributed by atoms with Gasteiger partial charge in [-0.15, -0.1) is 0 Å². The van der Waals surface area contributed by atoms with Gasteiger partial charge in [-0.05, 0) is 31.2 Å². The van der Waals surface area contributed by atoms with E-state index in [1.165, 1.54) is 0 Å². The van der Waals surface area contributed by atoms with Crippen LogP contribution in [0.1, 0.15) is 17.1 Å². The molecule has 0 unspecified atom stereocenters. The molecule has 3 nitrogen and oxygen atoms in total. The first kappa shape index (κ1) is 11.6. The number of hydrogen-bond donors (Lipinski definition) is 1. The zero-order valence-corrected chi connectivity index (χ0v) is 10.1. The smallest absolute Gasteiger partial charge is 0.123 e. The number of furan rings is 1. The Morgan fingerprint density at radius 1 is 1.35 bits per heavy atom. The highest BCUT2D eigenvalue weighted by atomic mass is 35.5. The second-order valence-corrected chi connectivity index (χ2v) is 4.05. The first-order valence-electron chi connectivity index (χ1n) is 5.18. The van der Waals surface area contributed by atoms with Crippen molar-refractivity contribution in [3.8, 4) is 6.07 Å². The molecule has 0 aliphatic rings. The molecule has 0 amide bonds. The van der Waals surface area contributed by atoms with Crippen molar-refractivity contribution < 1.29 is 4.42 Å². The lowest BCUT2D eigenvalue weighted by Crippen LogP contribution is -2.00. The van der Waals surface area contributed by atoms with Crippen LogP contribution in [0.2, 0.25) is 5.02 Å². The van der Waals surface area contributed by atoms with Gasteiger partial charge in [0, 0.05) is 0 Å². The molecule has 0 spiro atoms. The van der Waals surface area contributed by atoms with Crippen molar-refractivity contribution >= 4 is 17.3 Å². The van der Waals surface area contributed by atoms with E-state index in [2.05, 4.69) is 11.4 Å². The summed E-state index contributed by atoms with van der Waals surface area (Å²) in [6, 6.07) is 11.2. The molecule has 4 heteroatoms. The molecule has 0 atom stereocenters. The predicted octanol–water partition coefficient (Wildman–Crippen LogP) is 3.73. The van der Waals surface area contributed by atoms with Crippen LogP contribution in [0.25, 0.3) is 0 Å². The molecule has 86 valence electrons. The Balaban J connectivity index is 2.14. The lowest BCUT2D eigenvalue weighted by atomic mass is 10.2. The molecular formula is C13H11ClN2O. The summed E-state index contributed by atoms with van der Waals surface area (Å²) in [7, 11) is 0. The van der Waals surface area contributed by atoms with Crippen molar-refractivity contribution in [2.24, 2.45) is 0 Å². The van der Waals surface area contributed by atoms with Crippen molar-refractivity contribution in [1.29, 1.82) is 5.26 Å². The summed E-state index contributed by atoms with van der Waals surface area (Å²) in [5.74, 6) is 1.69. The summed E-state index contributed by atoms with van der Waals surface area (Å²) in [5, 5.41) is 12.6. The fraction of sp³-hybridized carbons (Fsp3) is 0.154. The van der Waals surface area contributed by atoms with Gasteiger partial charge in [0.1, 0.15) is 17.6 Å². The molecule has 1 aromatic carbocycles. The fourth-order valence-corrected chi connectivity index (χ4v) is 1.76. The third-order valence-electron chi connectivity index (χ3n) is 2.37. The van der Waals surface area contributed by atoms with Gasteiger partial charge in [-0.3, -0.25) is 0 Å². The van der Waals surface area contributed by atoms with E-state index >= 15 is 0 Å². The number of nitriles is 1. The summed E-state index contributed by atoms with van der Waals surface area (Å²) in [5.41, 5.74) is 1.17. The maximum absolute atomic E-state index is 9.00. The first-order chi connectivity index (χ1) is 8.20. The third kappa shape index (κ3) is 2.61. The van der Waals surface area contributed by atoms with Crippen LogP contribution in [-0.2, 0) is 6.54 Å². The molecule has 2 rings (SSSR count). The van der Waals surface area contributed by atoms with E-state index in [-0.39, 0.29) is 0 Å². The molecule has 1 aromatic heterocycles. The number of aryl methyl sites for hydroxylation is 1. The highest BCUT2D eigenvalue weighted by Crippen LogP contribution is 2.23. The predicted molar refractivity (Wildman–Crippen MR) is 66.9 cm³/mol. The van der Waals surface area contributed by atoms with Crippen molar-refractivity contribution in [3.05, 3.63) is 52.4 Å². The lowest BCUT2D eigenvalue weighted by molar-refractivity contribution is 0.490. The van der Waals surface area contributed by atoms with Gasteiger partial charge in [-0.25, -0.2) is 0 Å². The van der Waals surface area contributed by atoms with E-state index in [1.54, 1.807) is 12.1 Å². The van der Waals surface area contributed by atoms with Crippen LogP contribution in [0.4, 0.5) is 5.69 Å². The maximum atomic E-state index is 9.00. The minimum absolute atomic E-state index is 0.452. The number of halogens is 1. The topological polar surface area (TPSA) is 49.0 Å². The summed E-state index contributed by atoms with van der Waals surface area (Å²) in [6.45, 7) is 2.42. The number of rotatable bonds is 3. The molecule has 1 N–H and O–H groups in total. The molecule has 17 heavy (non-hydrogen) atoms. The van der Waals surface area contributed by atoms with Crippen LogP contribution in [0.15, 0.2) is 34.7 Å². The van der Waals surface area contributed by atoms with E-state index in [1.807, 2.05) is 25.1 Å². The van der Waals surface area contributed by atoms with Crippen molar-refractivity contribution in [1.82, 2.24) is 0 Å². The van der Waals surface area contributed by atoms with Crippen LogP contribution >= 0.6 is 11.6 Å². The Bertz CT molecular complexity index is 569. The van der Waals surface area contributed by atoms with Crippen molar-refractivity contribution in [2.75, 3.05) is 5.32 Å². The zero-order valence-electron chi connectivity index (χ0n) is 9.33. The Hall–Kier alpha value is -1.92. The Morgan fingerprint density at radius 3 is 2.82 bits per heavy atom. The van der Waals surface area contributed by atoms with Crippen LogP contribution < -0.4 is 5.32 Å². The number of nitrogens with zero attached hydrogens (tertiary/aromatic N) is 1. The molecule has 0 saturated heterocycles. The van der Waals surface area contributed by atoms with Crippen LogP contribution in [0, 0.1) is 18.3 Å². The average Bonchev–Trinajstić information content (AvgIpc) is 2.72. The summed E-state index contributed by atoms with van der Waals surface area (Å²) in [6.07, 6.45) is 0. The van der Waals surface area contributed by atoms with Crippen LogP contribution in [0.5, 0.6) is 0 Å². The summed E-state index contributed by atoms with van der Waals surface area (Å²) < 4.78 is 5.43. The van der Waals surface area contributed by atoms with Gasteiger partial charge in [-0.1, -0.05) is 17.7 Å². The van der Waals surface area contributed by atoms with Crippen LogP contribution in [-0.4, -0.2) is 0 Å². The van der Waals surface area contributed by atoms with Crippen LogP contribution in [0.3, 0.4) is 0 Å². The van der Waals surface area contributed by atoms with Gasteiger partial charge in [0.15, 0.2) is 0 Å². The molecule has 2 aromatic rings. The van der Waals surface area contributed by atoms with E-state index < -0.39 is 0 Å². The highest BCUT2D eigenvalue weighted by molar-refractivity contribution is 6.32. The molecular weight excluding hydrogens is 236 g/mol.